The summed E-state index contributed by atoms with van der Waals surface area (Å²) in [4.78, 5) is 15.3. The summed E-state index contributed by atoms with van der Waals surface area (Å²) in [6.07, 6.45) is 0.977. The van der Waals surface area contributed by atoms with E-state index in [1.54, 1.807) is 0 Å². The maximum atomic E-state index is 13.0. The number of hydrogen-bond acceptors (Lipinski definition) is 7. The van der Waals surface area contributed by atoms with E-state index < -0.39 is 14.9 Å². The molecule has 2 aromatic rings. The highest BCUT2D eigenvalue weighted by Crippen LogP contribution is 2.34. The van der Waals surface area contributed by atoms with Crippen molar-refractivity contribution < 1.29 is 13.3 Å². The first-order valence-electron chi connectivity index (χ1n) is 9.84. The monoisotopic (exact) mass is 431 g/mol. The van der Waals surface area contributed by atoms with Crippen LogP contribution in [-0.2, 0) is 16.4 Å². The van der Waals surface area contributed by atoms with Gasteiger partial charge in [-0.3, -0.25) is 10.1 Å². The van der Waals surface area contributed by atoms with Gasteiger partial charge in [0.25, 0.3) is 5.69 Å². The number of benzene rings is 2. The Kier molecular flexibility index (Phi) is 5.39. The van der Waals surface area contributed by atoms with Crippen LogP contribution in [0.2, 0.25) is 0 Å². The van der Waals surface area contributed by atoms with Crippen molar-refractivity contribution in [3.63, 3.8) is 0 Å². The van der Waals surface area contributed by atoms with Gasteiger partial charge in [0.05, 0.1) is 9.82 Å². The van der Waals surface area contributed by atoms with E-state index in [0.717, 1.165) is 30.4 Å². The van der Waals surface area contributed by atoms with Crippen molar-refractivity contribution in [1.82, 2.24) is 9.21 Å². The molecule has 1 saturated heterocycles. The molecule has 2 aromatic carbocycles. The van der Waals surface area contributed by atoms with Crippen molar-refractivity contribution in [1.29, 1.82) is 0 Å². The van der Waals surface area contributed by atoms with Gasteiger partial charge in [0.2, 0.25) is 10.0 Å². The number of anilines is 3. The minimum Gasteiger partial charge on any atom is -0.374 e. The molecule has 30 heavy (non-hydrogen) atoms. The van der Waals surface area contributed by atoms with Crippen LogP contribution in [0, 0.1) is 10.1 Å². The molecule has 2 aliphatic heterocycles. The molecule has 0 aromatic heterocycles. The van der Waals surface area contributed by atoms with Gasteiger partial charge < -0.3 is 15.1 Å². The molecule has 1 fully saturated rings. The van der Waals surface area contributed by atoms with Gasteiger partial charge in [-0.05, 0) is 43.3 Å². The number of nitro groups is 1. The van der Waals surface area contributed by atoms with E-state index in [4.69, 9.17) is 0 Å². The number of likely N-dealkylation sites (N-methyl/N-ethyl adjacent to an activating group) is 2. The van der Waals surface area contributed by atoms with E-state index in [1.165, 1.54) is 22.0 Å². The van der Waals surface area contributed by atoms with Crippen LogP contribution in [0.25, 0.3) is 0 Å². The van der Waals surface area contributed by atoms with Crippen molar-refractivity contribution in [2.24, 2.45) is 0 Å². The number of nitrogens with zero attached hydrogens (tertiary/aromatic N) is 4. The van der Waals surface area contributed by atoms with Crippen LogP contribution in [-0.4, -0.2) is 69.4 Å². The minimum absolute atomic E-state index is 0.0574. The van der Waals surface area contributed by atoms with Gasteiger partial charge in [-0.1, -0.05) is 6.07 Å². The van der Waals surface area contributed by atoms with Gasteiger partial charge in [-0.2, -0.15) is 4.31 Å². The molecule has 160 valence electrons. The Hall–Kier alpha value is -2.69. The number of nitro benzene ring substituents is 1. The SMILES string of the molecule is CN1CCN(S(=O)(=O)c2ccc(Nc3ccc4c(c3)N(C)CC4)c([N+](=O)[O-])c2)CC1. The van der Waals surface area contributed by atoms with Crippen LogP contribution in [0.1, 0.15) is 5.56 Å². The molecular weight excluding hydrogens is 406 g/mol. The number of sulfonamides is 1. The third kappa shape index (κ3) is 3.85. The van der Waals surface area contributed by atoms with Crippen molar-refractivity contribution in [3.05, 3.63) is 52.1 Å². The summed E-state index contributed by atoms with van der Waals surface area (Å²) in [5.74, 6) is 0. The van der Waals surface area contributed by atoms with Crippen molar-refractivity contribution in [2.75, 3.05) is 57.0 Å². The fraction of sp³-hybridized carbons (Fsp3) is 0.400. The van der Waals surface area contributed by atoms with Gasteiger partial charge in [0.15, 0.2) is 0 Å². The van der Waals surface area contributed by atoms with Crippen molar-refractivity contribution in [2.45, 2.75) is 11.3 Å². The summed E-state index contributed by atoms with van der Waals surface area (Å²) in [6.45, 7) is 2.95. The summed E-state index contributed by atoms with van der Waals surface area (Å²) >= 11 is 0. The first-order chi connectivity index (χ1) is 14.3. The molecule has 0 spiro atoms. The molecule has 10 heteroatoms. The zero-order chi connectivity index (χ0) is 21.5. The molecule has 2 heterocycles. The lowest BCUT2D eigenvalue weighted by Gasteiger charge is -2.31. The van der Waals surface area contributed by atoms with E-state index >= 15 is 0 Å². The van der Waals surface area contributed by atoms with Crippen LogP contribution in [0.3, 0.4) is 0 Å². The Morgan fingerprint density at radius 1 is 1.00 bits per heavy atom. The molecule has 9 nitrogen and oxygen atoms in total. The largest absolute Gasteiger partial charge is 0.374 e. The van der Waals surface area contributed by atoms with E-state index in [0.29, 0.717) is 26.2 Å². The van der Waals surface area contributed by atoms with Gasteiger partial charge in [0, 0.05) is 57.2 Å². The Labute approximate surface area is 176 Å². The average molecular weight is 432 g/mol. The first kappa shape index (κ1) is 20.6. The molecule has 0 aliphatic carbocycles. The Balaban J connectivity index is 1.63. The van der Waals surface area contributed by atoms with Crippen molar-refractivity contribution in [3.8, 4) is 0 Å². The first-order valence-corrected chi connectivity index (χ1v) is 11.3. The zero-order valence-corrected chi connectivity index (χ0v) is 17.9. The summed E-state index contributed by atoms with van der Waals surface area (Å²) < 4.78 is 27.3. The molecule has 0 saturated carbocycles. The van der Waals surface area contributed by atoms with Crippen LogP contribution in [0.15, 0.2) is 41.3 Å². The number of fused-ring (bicyclic) bond motifs is 1. The fourth-order valence-electron chi connectivity index (χ4n) is 3.88. The number of piperazine rings is 1. The molecule has 4 rings (SSSR count). The topological polar surface area (TPSA) is 99.0 Å². The lowest BCUT2D eigenvalue weighted by Crippen LogP contribution is -2.47. The second-order valence-corrected chi connectivity index (χ2v) is 9.72. The molecule has 0 bridgehead atoms. The Morgan fingerprint density at radius 2 is 1.73 bits per heavy atom. The zero-order valence-electron chi connectivity index (χ0n) is 17.0. The lowest BCUT2D eigenvalue weighted by molar-refractivity contribution is -0.384. The quantitative estimate of drug-likeness (QED) is 0.573. The standard InChI is InChI=1S/C20H25N5O4S/c1-22-9-11-24(12-10-22)30(28,29)17-5-6-18(20(14-17)25(26)27)21-16-4-3-15-7-8-23(2)19(15)13-16/h3-6,13-14,21H,7-12H2,1-2H3. The van der Waals surface area contributed by atoms with Gasteiger partial charge >= 0.3 is 0 Å². The third-order valence-corrected chi connectivity index (χ3v) is 7.65. The minimum atomic E-state index is -3.78. The van der Waals surface area contributed by atoms with Crippen LogP contribution >= 0.6 is 0 Å². The molecule has 0 amide bonds. The normalized spacial score (nSPS) is 17.7. The summed E-state index contributed by atoms with van der Waals surface area (Å²) in [6, 6.07) is 9.91. The maximum absolute atomic E-state index is 13.0. The van der Waals surface area contributed by atoms with Crippen LogP contribution < -0.4 is 10.2 Å². The molecule has 0 unspecified atom stereocenters. The molecule has 0 radical (unpaired) electrons. The fourth-order valence-corrected chi connectivity index (χ4v) is 5.32. The average Bonchev–Trinajstić information content (AvgIpc) is 3.08. The second kappa shape index (κ2) is 7.86. The molecule has 1 N–H and O–H groups in total. The van der Waals surface area contributed by atoms with E-state index in [2.05, 4.69) is 15.1 Å². The highest BCUT2D eigenvalue weighted by atomic mass is 32.2. The molecular formula is C20H25N5O4S. The second-order valence-electron chi connectivity index (χ2n) is 7.78. The highest BCUT2D eigenvalue weighted by molar-refractivity contribution is 7.89. The van der Waals surface area contributed by atoms with E-state index in [1.807, 2.05) is 32.3 Å². The number of nitrogens with one attached hydrogen (secondary N) is 1. The smallest absolute Gasteiger partial charge is 0.294 e. The predicted molar refractivity (Wildman–Crippen MR) is 116 cm³/mol. The summed E-state index contributed by atoms with van der Waals surface area (Å²) in [5.41, 5.74) is 3.06. The number of hydrogen-bond donors (Lipinski definition) is 1. The van der Waals surface area contributed by atoms with Gasteiger partial charge in [-0.15, -0.1) is 0 Å². The molecule has 0 atom stereocenters. The van der Waals surface area contributed by atoms with E-state index in [-0.39, 0.29) is 16.3 Å². The maximum Gasteiger partial charge on any atom is 0.294 e. The summed E-state index contributed by atoms with van der Waals surface area (Å²) in [5, 5.41) is 14.8. The van der Waals surface area contributed by atoms with Crippen LogP contribution in [0.4, 0.5) is 22.7 Å². The van der Waals surface area contributed by atoms with E-state index in [9.17, 15) is 18.5 Å². The van der Waals surface area contributed by atoms with Gasteiger partial charge in [-0.25, -0.2) is 8.42 Å². The Bertz CT molecular complexity index is 1080. The predicted octanol–water partition coefficient (Wildman–Crippen LogP) is 2.27. The van der Waals surface area contributed by atoms with Crippen molar-refractivity contribution >= 4 is 32.8 Å². The van der Waals surface area contributed by atoms with Gasteiger partial charge in [0.1, 0.15) is 5.69 Å². The number of rotatable bonds is 5. The van der Waals surface area contributed by atoms with Crippen LogP contribution in [0.5, 0.6) is 0 Å². The third-order valence-electron chi connectivity index (χ3n) is 5.76. The lowest BCUT2D eigenvalue weighted by atomic mass is 10.1. The highest BCUT2D eigenvalue weighted by Gasteiger charge is 2.29. The Morgan fingerprint density at radius 3 is 2.43 bits per heavy atom. The molecule has 2 aliphatic rings. The summed E-state index contributed by atoms with van der Waals surface area (Å²) in [7, 11) is 0.168.